The number of amides is 1. The van der Waals surface area contributed by atoms with E-state index in [2.05, 4.69) is 20.6 Å². The topological polar surface area (TPSA) is 106 Å². The van der Waals surface area contributed by atoms with Crippen LogP contribution in [-0.2, 0) is 6.54 Å². The monoisotopic (exact) mass is 479 g/mol. The molecule has 0 atom stereocenters. The van der Waals surface area contributed by atoms with Crippen molar-refractivity contribution >= 4 is 55.9 Å². The largest absolute Gasteiger partial charge is 0.455 e. The first-order valence-electron chi connectivity index (χ1n) is 11.5. The molecule has 4 heterocycles. The molecule has 0 aliphatic heterocycles. The fourth-order valence-electron chi connectivity index (χ4n) is 4.73. The van der Waals surface area contributed by atoms with Gasteiger partial charge >= 0.3 is 0 Å². The molecular weight excluding hydrogens is 457 g/mol. The smallest absolute Gasteiger partial charge is 0.251 e. The number of aromatic nitrogens is 2. The summed E-state index contributed by atoms with van der Waals surface area (Å²) in [6.07, 6.45) is 1.54. The molecule has 7 nitrogen and oxygen atoms in total. The Balaban J connectivity index is 1.30. The lowest BCUT2D eigenvalue weighted by Crippen LogP contribution is -2.24. The summed E-state index contributed by atoms with van der Waals surface area (Å²) in [4.78, 5) is 21.3. The van der Waals surface area contributed by atoms with Gasteiger partial charge in [-0.05, 0) is 79.6 Å². The number of halogens is 1. The van der Waals surface area contributed by atoms with E-state index in [0.717, 1.165) is 49.5 Å². The highest BCUT2D eigenvalue weighted by atomic mass is 19.1. The molecule has 1 amide bonds. The molecule has 0 saturated carbocycles. The van der Waals surface area contributed by atoms with Gasteiger partial charge in [-0.25, -0.2) is 14.4 Å². The van der Waals surface area contributed by atoms with Crippen LogP contribution >= 0.6 is 0 Å². The fraction of sp³-hybridized carbons (Fsp3) is 0.107. The maximum atomic E-state index is 14.0. The van der Waals surface area contributed by atoms with Gasteiger partial charge in [0.05, 0.1) is 0 Å². The Morgan fingerprint density at radius 3 is 2.50 bits per heavy atom. The highest BCUT2D eigenvalue weighted by molar-refractivity contribution is 6.26. The molecule has 0 saturated heterocycles. The minimum atomic E-state index is -0.424. The van der Waals surface area contributed by atoms with Gasteiger partial charge in [0.2, 0.25) is 0 Å². The van der Waals surface area contributed by atoms with Gasteiger partial charge in [0.15, 0.2) is 11.6 Å². The van der Waals surface area contributed by atoms with Crippen molar-refractivity contribution in [2.45, 2.75) is 20.4 Å². The average Bonchev–Trinajstić information content (AvgIpc) is 3.41. The summed E-state index contributed by atoms with van der Waals surface area (Å²) < 4.78 is 20.1. The number of rotatable bonds is 5. The quantitative estimate of drug-likeness (QED) is 0.263. The highest BCUT2D eigenvalue weighted by Crippen LogP contribution is 2.42. The van der Waals surface area contributed by atoms with Crippen LogP contribution in [0.25, 0.3) is 32.7 Å². The number of fused-ring (bicyclic) bond motifs is 8. The molecule has 4 aromatic heterocycles. The van der Waals surface area contributed by atoms with Crippen molar-refractivity contribution in [3.63, 3.8) is 0 Å². The van der Waals surface area contributed by atoms with Crippen LogP contribution in [0.2, 0.25) is 0 Å². The van der Waals surface area contributed by atoms with E-state index in [0.29, 0.717) is 23.6 Å². The summed E-state index contributed by atoms with van der Waals surface area (Å²) in [5.74, 6) is 0.0246. The zero-order valence-corrected chi connectivity index (χ0v) is 19.6. The van der Waals surface area contributed by atoms with Crippen molar-refractivity contribution in [3.05, 3.63) is 89.0 Å². The molecule has 0 aliphatic carbocycles. The molecule has 36 heavy (non-hydrogen) atoms. The number of nitrogen functional groups attached to an aromatic ring is 1. The van der Waals surface area contributed by atoms with Crippen LogP contribution in [0.1, 0.15) is 27.2 Å². The third-order valence-electron chi connectivity index (χ3n) is 6.50. The standard InChI is InChI=1S/C28H22FN5O2/c1-14-10-24(30)33-15(2)22(14)13-32-28(35)16-5-7-18-20(11-16)25-19-8-6-17(12-21(19)26(18)36-25)34-27-23(29)4-3-9-31-27/h3-12H,13H2,1-2H3,(H2,30,33)(H,31,34)(H,32,35). The van der Waals surface area contributed by atoms with Crippen molar-refractivity contribution in [1.82, 2.24) is 15.3 Å². The second kappa shape index (κ2) is 8.20. The van der Waals surface area contributed by atoms with Gasteiger partial charge in [-0.1, -0.05) is 0 Å². The summed E-state index contributed by atoms with van der Waals surface area (Å²) in [5.41, 5.74) is 11.2. The van der Waals surface area contributed by atoms with Crippen molar-refractivity contribution in [3.8, 4) is 0 Å². The van der Waals surface area contributed by atoms with Crippen molar-refractivity contribution in [2.24, 2.45) is 0 Å². The molecule has 0 fully saturated rings. The number of nitrogens with zero attached hydrogens (tertiary/aromatic N) is 2. The van der Waals surface area contributed by atoms with E-state index < -0.39 is 5.82 Å². The van der Waals surface area contributed by atoms with Crippen molar-refractivity contribution < 1.29 is 13.6 Å². The van der Waals surface area contributed by atoms with Crippen LogP contribution < -0.4 is 16.4 Å². The van der Waals surface area contributed by atoms with Gasteiger partial charge < -0.3 is 20.8 Å². The third-order valence-corrected chi connectivity index (χ3v) is 6.50. The summed E-state index contributed by atoms with van der Waals surface area (Å²) in [6, 6.07) is 15.9. The zero-order chi connectivity index (χ0) is 25.0. The number of nitrogens with two attached hydrogens (primary N) is 1. The van der Waals surface area contributed by atoms with Crippen LogP contribution in [0.15, 0.2) is 65.2 Å². The maximum Gasteiger partial charge on any atom is 0.251 e. The molecule has 0 unspecified atom stereocenters. The molecule has 2 aromatic carbocycles. The molecule has 8 heteroatoms. The Morgan fingerprint density at radius 1 is 1.00 bits per heavy atom. The second-order valence-corrected chi connectivity index (χ2v) is 8.85. The summed E-state index contributed by atoms with van der Waals surface area (Å²) >= 11 is 0. The number of anilines is 3. The SMILES string of the molecule is Cc1cc(N)nc(C)c1CNC(=O)c1ccc2c(c1)c1oc2c2cc(Nc3ncccc3F)ccc21. The van der Waals surface area contributed by atoms with Crippen LogP contribution in [0.4, 0.5) is 21.7 Å². The van der Waals surface area contributed by atoms with Gasteiger partial charge in [-0.3, -0.25) is 4.79 Å². The van der Waals surface area contributed by atoms with E-state index in [1.54, 1.807) is 18.2 Å². The van der Waals surface area contributed by atoms with E-state index in [9.17, 15) is 9.18 Å². The lowest BCUT2D eigenvalue weighted by molar-refractivity contribution is 0.0951. The Morgan fingerprint density at radius 2 is 1.75 bits per heavy atom. The average molecular weight is 480 g/mol. The number of carbonyl (C=O) groups excluding carboxylic acids is 1. The summed E-state index contributed by atoms with van der Waals surface area (Å²) in [6.45, 7) is 4.20. The van der Waals surface area contributed by atoms with Gasteiger partial charge in [-0.15, -0.1) is 0 Å². The minimum Gasteiger partial charge on any atom is -0.455 e. The fourth-order valence-corrected chi connectivity index (χ4v) is 4.73. The van der Waals surface area contributed by atoms with Crippen LogP contribution in [0.5, 0.6) is 0 Å². The number of benzene rings is 3. The number of nitrogens with one attached hydrogen (secondary N) is 2. The number of furan rings is 2. The first-order valence-corrected chi connectivity index (χ1v) is 11.5. The van der Waals surface area contributed by atoms with E-state index >= 15 is 0 Å². The van der Waals surface area contributed by atoms with Crippen LogP contribution in [-0.4, -0.2) is 15.9 Å². The maximum absolute atomic E-state index is 14.0. The van der Waals surface area contributed by atoms with Crippen molar-refractivity contribution in [2.75, 3.05) is 11.1 Å². The van der Waals surface area contributed by atoms with Gasteiger partial charge in [0, 0.05) is 51.2 Å². The molecule has 6 aromatic rings. The summed E-state index contributed by atoms with van der Waals surface area (Å²) in [5, 5.41) is 9.65. The second-order valence-electron chi connectivity index (χ2n) is 8.85. The number of hydrogen-bond donors (Lipinski definition) is 3. The van der Waals surface area contributed by atoms with E-state index in [1.807, 2.05) is 44.2 Å². The van der Waals surface area contributed by atoms with Gasteiger partial charge in [0.1, 0.15) is 17.0 Å². The highest BCUT2D eigenvalue weighted by Gasteiger charge is 2.19. The molecule has 2 bridgehead atoms. The Labute approximate surface area is 205 Å². The first kappa shape index (κ1) is 21.8. The molecule has 4 N–H and O–H groups in total. The first-order chi connectivity index (χ1) is 17.4. The minimum absolute atomic E-state index is 0.162. The molecule has 6 rings (SSSR count). The Bertz CT molecular complexity index is 1770. The Hall–Kier alpha value is -4.72. The van der Waals surface area contributed by atoms with Crippen LogP contribution in [0.3, 0.4) is 0 Å². The van der Waals surface area contributed by atoms with Gasteiger partial charge in [0.25, 0.3) is 5.91 Å². The number of hydrogen-bond acceptors (Lipinski definition) is 6. The predicted molar refractivity (Wildman–Crippen MR) is 139 cm³/mol. The lowest BCUT2D eigenvalue weighted by Gasteiger charge is -2.11. The van der Waals surface area contributed by atoms with Crippen molar-refractivity contribution in [1.29, 1.82) is 0 Å². The lowest BCUT2D eigenvalue weighted by atomic mass is 10.0. The number of carbonyl (C=O) groups is 1. The van der Waals surface area contributed by atoms with Crippen LogP contribution in [0, 0.1) is 19.7 Å². The normalized spacial score (nSPS) is 11.5. The molecular formula is C28H22FN5O2. The molecule has 178 valence electrons. The summed E-state index contributed by atoms with van der Waals surface area (Å²) in [7, 11) is 0. The van der Waals surface area contributed by atoms with E-state index in [1.165, 1.54) is 12.3 Å². The number of pyridine rings is 2. The third kappa shape index (κ3) is 3.54. The zero-order valence-electron chi connectivity index (χ0n) is 19.6. The molecule has 0 spiro atoms. The predicted octanol–water partition coefficient (Wildman–Crippen LogP) is 5.98. The molecule has 0 radical (unpaired) electrons. The van der Waals surface area contributed by atoms with E-state index in [4.69, 9.17) is 10.2 Å². The Kier molecular flexibility index (Phi) is 4.96. The van der Waals surface area contributed by atoms with E-state index in [-0.39, 0.29) is 11.7 Å². The van der Waals surface area contributed by atoms with Gasteiger partial charge in [-0.2, -0.15) is 0 Å². The molecule has 0 aliphatic rings. The number of aryl methyl sites for hydroxylation is 2.